The molecule has 1 amide bonds. The fourth-order valence-electron chi connectivity index (χ4n) is 2.23. The first-order chi connectivity index (χ1) is 10.1. The highest BCUT2D eigenvalue weighted by molar-refractivity contribution is 5.78. The van der Waals surface area contributed by atoms with Crippen molar-refractivity contribution in [2.75, 3.05) is 13.6 Å². The number of amides is 1. The largest absolute Gasteiger partial charge is 0.352 e. The van der Waals surface area contributed by atoms with Crippen molar-refractivity contribution < 1.29 is 4.79 Å². The molecule has 0 unspecified atom stereocenters. The Morgan fingerprint density at radius 1 is 1.43 bits per heavy atom. The fraction of sp³-hybridized carbons (Fsp3) is 0.400. The molecule has 2 aromatic rings. The quantitative estimate of drug-likeness (QED) is 0.845. The summed E-state index contributed by atoms with van der Waals surface area (Å²) in [6.07, 6.45) is 2.14. The summed E-state index contributed by atoms with van der Waals surface area (Å²) in [5.74, 6) is -0.00258. The Morgan fingerprint density at radius 2 is 2.19 bits per heavy atom. The molecule has 1 fully saturated rings. The number of aromatic nitrogens is 2. The number of aromatic amines is 1. The summed E-state index contributed by atoms with van der Waals surface area (Å²) in [7, 11) is 1.81. The molecule has 1 saturated carbocycles. The molecular formula is C15H18N4O2. The van der Waals surface area contributed by atoms with Gasteiger partial charge in [-0.25, -0.2) is 4.98 Å². The topological polar surface area (TPSA) is 78.1 Å². The molecule has 3 rings (SSSR count). The van der Waals surface area contributed by atoms with Gasteiger partial charge in [-0.3, -0.25) is 14.5 Å². The lowest BCUT2D eigenvalue weighted by molar-refractivity contribution is -0.122. The molecule has 0 spiro atoms. The van der Waals surface area contributed by atoms with Crippen molar-refractivity contribution in [2.45, 2.75) is 25.4 Å². The van der Waals surface area contributed by atoms with Crippen LogP contribution in [0.4, 0.5) is 0 Å². The molecule has 1 aromatic heterocycles. The molecule has 0 radical (unpaired) electrons. The molecule has 0 bridgehead atoms. The van der Waals surface area contributed by atoms with Gasteiger partial charge >= 0.3 is 0 Å². The minimum atomic E-state index is -0.205. The number of hydrogen-bond acceptors (Lipinski definition) is 4. The van der Waals surface area contributed by atoms with Gasteiger partial charge in [0.1, 0.15) is 5.69 Å². The van der Waals surface area contributed by atoms with E-state index in [0.717, 1.165) is 23.9 Å². The Kier molecular flexibility index (Phi) is 3.70. The number of hydrogen-bond donors (Lipinski definition) is 2. The summed E-state index contributed by atoms with van der Waals surface area (Å²) in [6.45, 7) is 0.614. The standard InChI is InChI=1S/C15H18N4O2/c1-19(9-14(20)16-10-6-7-10)8-13-15(21)18-12-5-3-2-4-11(12)17-13/h2-5,10H,6-9H2,1H3,(H,16,20)(H,18,21). The Bertz CT molecular complexity index is 721. The number of H-pyrrole nitrogens is 1. The first kappa shape index (κ1) is 13.8. The van der Waals surface area contributed by atoms with E-state index >= 15 is 0 Å². The van der Waals surface area contributed by atoms with Gasteiger partial charge in [-0.05, 0) is 32.0 Å². The molecule has 6 heteroatoms. The lowest BCUT2D eigenvalue weighted by atomic mass is 10.3. The molecule has 1 heterocycles. The number of likely N-dealkylation sites (N-methyl/N-ethyl adjacent to an activating group) is 1. The van der Waals surface area contributed by atoms with Gasteiger partial charge in [0.25, 0.3) is 5.56 Å². The first-order valence-electron chi connectivity index (χ1n) is 7.07. The van der Waals surface area contributed by atoms with E-state index in [9.17, 15) is 9.59 Å². The Balaban J connectivity index is 1.69. The number of nitrogens with zero attached hydrogens (tertiary/aromatic N) is 2. The summed E-state index contributed by atoms with van der Waals surface area (Å²) in [6, 6.07) is 7.76. The molecule has 2 N–H and O–H groups in total. The van der Waals surface area contributed by atoms with Gasteiger partial charge < -0.3 is 10.3 Å². The minimum Gasteiger partial charge on any atom is -0.352 e. The van der Waals surface area contributed by atoms with Crippen LogP contribution in [0.15, 0.2) is 29.1 Å². The van der Waals surface area contributed by atoms with Crippen LogP contribution in [0.1, 0.15) is 18.5 Å². The second-order valence-corrected chi connectivity index (χ2v) is 5.54. The smallest absolute Gasteiger partial charge is 0.271 e. The van der Waals surface area contributed by atoms with E-state index in [-0.39, 0.29) is 18.0 Å². The lowest BCUT2D eigenvalue weighted by Gasteiger charge is -2.15. The third-order valence-electron chi connectivity index (χ3n) is 3.45. The number of para-hydroxylation sites is 2. The van der Waals surface area contributed by atoms with Crippen molar-refractivity contribution in [3.05, 3.63) is 40.3 Å². The number of carbonyl (C=O) groups excluding carboxylic acids is 1. The van der Waals surface area contributed by atoms with E-state index in [1.54, 1.807) is 4.90 Å². The number of nitrogens with one attached hydrogen (secondary N) is 2. The van der Waals surface area contributed by atoms with Crippen LogP contribution >= 0.6 is 0 Å². The van der Waals surface area contributed by atoms with Gasteiger partial charge in [0.2, 0.25) is 5.91 Å². The zero-order chi connectivity index (χ0) is 14.8. The Morgan fingerprint density at radius 3 is 2.95 bits per heavy atom. The van der Waals surface area contributed by atoms with Gasteiger partial charge in [-0.1, -0.05) is 12.1 Å². The molecule has 0 saturated heterocycles. The molecule has 0 aliphatic heterocycles. The monoisotopic (exact) mass is 286 g/mol. The van der Waals surface area contributed by atoms with Gasteiger partial charge in [-0.2, -0.15) is 0 Å². The summed E-state index contributed by atoms with van der Waals surface area (Å²) < 4.78 is 0. The third kappa shape index (κ3) is 3.46. The van der Waals surface area contributed by atoms with Crippen LogP contribution in [-0.4, -0.2) is 40.4 Å². The van der Waals surface area contributed by atoms with E-state index < -0.39 is 0 Å². The SMILES string of the molecule is CN(CC(=O)NC1CC1)Cc1nc2ccccc2[nH]c1=O. The average Bonchev–Trinajstić information content (AvgIpc) is 3.23. The van der Waals surface area contributed by atoms with Crippen LogP contribution in [0, 0.1) is 0 Å². The maximum atomic E-state index is 12.0. The summed E-state index contributed by atoms with van der Waals surface area (Å²) >= 11 is 0. The number of benzene rings is 1. The van der Waals surface area contributed by atoms with Crippen LogP contribution in [0.25, 0.3) is 11.0 Å². The van der Waals surface area contributed by atoms with Gasteiger partial charge in [0, 0.05) is 12.6 Å². The Labute approximate surface area is 122 Å². The third-order valence-corrected chi connectivity index (χ3v) is 3.45. The first-order valence-corrected chi connectivity index (χ1v) is 7.07. The van der Waals surface area contributed by atoms with Crippen molar-refractivity contribution in [2.24, 2.45) is 0 Å². The van der Waals surface area contributed by atoms with E-state index in [2.05, 4.69) is 15.3 Å². The van der Waals surface area contributed by atoms with Gasteiger partial charge in [0.15, 0.2) is 0 Å². The van der Waals surface area contributed by atoms with Crippen molar-refractivity contribution in [1.29, 1.82) is 0 Å². The maximum Gasteiger partial charge on any atom is 0.271 e. The number of carbonyl (C=O) groups is 1. The zero-order valence-corrected chi connectivity index (χ0v) is 11.9. The number of fused-ring (bicyclic) bond motifs is 1. The molecule has 0 atom stereocenters. The predicted octanol–water partition coefficient (Wildman–Crippen LogP) is 0.633. The number of rotatable bonds is 5. The zero-order valence-electron chi connectivity index (χ0n) is 11.9. The van der Waals surface area contributed by atoms with Crippen LogP contribution in [-0.2, 0) is 11.3 Å². The van der Waals surface area contributed by atoms with Gasteiger partial charge in [-0.15, -0.1) is 0 Å². The van der Waals surface area contributed by atoms with E-state index in [1.165, 1.54) is 0 Å². The van der Waals surface area contributed by atoms with Crippen molar-refractivity contribution in [3.63, 3.8) is 0 Å². The highest BCUT2D eigenvalue weighted by atomic mass is 16.2. The second kappa shape index (κ2) is 5.65. The summed E-state index contributed by atoms with van der Waals surface area (Å²) in [4.78, 5) is 32.7. The molecule has 1 aliphatic carbocycles. The maximum absolute atomic E-state index is 12.0. The highest BCUT2D eigenvalue weighted by Gasteiger charge is 2.23. The summed E-state index contributed by atoms with van der Waals surface area (Å²) in [5.41, 5.74) is 1.70. The second-order valence-electron chi connectivity index (χ2n) is 5.54. The van der Waals surface area contributed by atoms with Crippen molar-refractivity contribution >= 4 is 16.9 Å². The summed E-state index contributed by atoms with van der Waals surface area (Å²) in [5, 5.41) is 2.93. The van der Waals surface area contributed by atoms with E-state index in [0.29, 0.717) is 18.3 Å². The molecule has 1 aromatic carbocycles. The van der Waals surface area contributed by atoms with Crippen molar-refractivity contribution in [3.8, 4) is 0 Å². The Hall–Kier alpha value is -2.21. The molecule has 110 valence electrons. The van der Waals surface area contributed by atoms with Gasteiger partial charge in [0.05, 0.1) is 17.6 Å². The van der Waals surface area contributed by atoms with Crippen LogP contribution in [0.5, 0.6) is 0 Å². The minimum absolute atomic E-state index is 0.00258. The van der Waals surface area contributed by atoms with Crippen LogP contribution < -0.4 is 10.9 Å². The van der Waals surface area contributed by atoms with Crippen molar-refractivity contribution in [1.82, 2.24) is 20.2 Å². The average molecular weight is 286 g/mol. The molecular weight excluding hydrogens is 268 g/mol. The van der Waals surface area contributed by atoms with E-state index in [1.807, 2.05) is 31.3 Å². The van der Waals surface area contributed by atoms with E-state index in [4.69, 9.17) is 0 Å². The molecule has 6 nitrogen and oxygen atoms in total. The van der Waals surface area contributed by atoms with Crippen LogP contribution in [0.3, 0.4) is 0 Å². The predicted molar refractivity (Wildman–Crippen MR) is 79.9 cm³/mol. The lowest BCUT2D eigenvalue weighted by Crippen LogP contribution is -2.37. The van der Waals surface area contributed by atoms with Crippen LogP contribution in [0.2, 0.25) is 0 Å². The normalized spacial score (nSPS) is 14.6. The highest BCUT2D eigenvalue weighted by Crippen LogP contribution is 2.18. The fourth-order valence-corrected chi connectivity index (χ4v) is 2.23. The molecule has 21 heavy (non-hydrogen) atoms. The molecule has 1 aliphatic rings.